The highest BCUT2D eigenvalue weighted by Crippen LogP contribution is 2.14. The molecule has 0 fully saturated rings. The standard InChI is InChI=1S/C14H21N5O2.HI/c1-10-4-5-12(21-10)11(20)8-17-14(15-2)18-9-13-16-6-7-19(13)3;/h4-7,11,20H,8-9H2,1-3H3,(H2,15,17,18);1H. The number of aliphatic hydroxyl groups is 1. The molecule has 7 nitrogen and oxygen atoms in total. The average Bonchev–Trinajstić information content (AvgIpc) is 3.08. The number of hydrogen-bond acceptors (Lipinski definition) is 4. The predicted molar refractivity (Wildman–Crippen MR) is 95.2 cm³/mol. The summed E-state index contributed by atoms with van der Waals surface area (Å²) in [6.45, 7) is 2.71. The van der Waals surface area contributed by atoms with Gasteiger partial charge in [-0.25, -0.2) is 4.98 Å². The van der Waals surface area contributed by atoms with Gasteiger partial charge in [0.25, 0.3) is 0 Å². The van der Waals surface area contributed by atoms with Crippen molar-refractivity contribution in [1.82, 2.24) is 20.2 Å². The van der Waals surface area contributed by atoms with Gasteiger partial charge in [0.05, 0.1) is 13.1 Å². The number of nitrogens with one attached hydrogen (secondary N) is 2. The topological polar surface area (TPSA) is 87.6 Å². The highest BCUT2D eigenvalue weighted by Gasteiger charge is 2.12. The lowest BCUT2D eigenvalue weighted by atomic mass is 10.3. The lowest BCUT2D eigenvalue weighted by Crippen LogP contribution is -2.39. The van der Waals surface area contributed by atoms with Gasteiger partial charge < -0.3 is 24.7 Å². The number of aliphatic hydroxyl groups excluding tert-OH is 1. The summed E-state index contributed by atoms with van der Waals surface area (Å²) in [5, 5.41) is 16.2. The number of nitrogens with zero attached hydrogens (tertiary/aromatic N) is 3. The van der Waals surface area contributed by atoms with Gasteiger partial charge >= 0.3 is 0 Å². The van der Waals surface area contributed by atoms with Crippen molar-refractivity contribution in [1.29, 1.82) is 0 Å². The molecule has 2 aromatic heterocycles. The van der Waals surface area contributed by atoms with Gasteiger partial charge in [-0.3, -0.25) is 4.99 Å². The number of rotatable bonds is 5. The van der Waals surface area contributed by atoms with Crippen molar-refractivity contribution < 1.29 is 9.52 Å². The summed E-state index contributed by atoms with van der Waals surface area (Å²) in [5.41, 5.74) is 0. The third-order valence-corrected chi connectivity index (χ3v) is 3.11. The summed E-state index contributed by atoms with van der Waals surface area (Å²) >= 11 is 0. The Bertz CT molecular complexity index is 608. The van der Waals surface area contributed by atoms with Gasteiger partial charge in [0.2, 0.25) is 0 Å². The van der Waals surface area contributed by atoms with Crippen LogP contribution >= 0.6 is 24.0 Å². The van der Waals surface area contributed by atoms with Gasteiger partial charge in [-0.2, -0.15) is 0 Å². The Balaban J connectivity index is 0.00000242. The van der Waals surface area contributed by atoms with E-state index in [4.69, 9.17) is 4.42 Å². The third-order valence-electron chi connectivity index (χ3n) is 3.11. The fourth-order valence-electron chi connectivity index (χ4n) is 1.88. The van der Waals surface area contributed by atoms with Crippen LogP contribution in [0.4, 0.5) is 0 Å². The molecule has 0 saturated heterocycles. The van der Waals surface area contributed by atoms with E-state index in [0.717, 1.165) is 11.6 Å². The highest BCUT2D eigenvalue weighted by molar-refractivity contribution is 14.0. The van der Waals surface area contributed by atoms with E-state index in [1.807, 2.05) is 30.8 Å². The normalized spacial score (nSPS) is 12.6. The summed E-state index contributed by atoms with van der Waals surface area (Å²) in [6.07, 6.45) is 2.91. The Hall–Kier alpha value is -1.55. The molecule has 0 aromatic carbocycles. The van der Waals surface area contributed by atoms with Crippen LogP contribution in [0.5, 0.6) is 0 Å². The smallest absolute Gasteiger partial charge is 0.191 e. The number of aliphatic imine (C=N–C) groups is 1. The van der Waals surface area contributed by atoms with Crippen LogP contribution in [-0.2, 0) is 13.6 Å². The quantitative estimate of drug-likeness (QED) is 0.387. The molecule has 2 rings (SSSR count). The van der Waals surface area contributed by atoms with E-state index in [1.54, 1.807) is 19.3 Å². The number of aryl methyl sites for hydroxylation is 2. The summed E-state index contributed by atoms with van der Waals surface area (Å²) in [7, 11) is 3.61. The number of furan rings is 1. The summed E-state index contributed by atoms with van der Waals surface area (Å²) in [4.78, 5) is 8.32. The maximum Gasteiger partial charge on any atom is 0.191 e. The molecule has 0 aliphatic heterocycles. The largest absolute Gasteiger partial charge is 0.464 e. The minimum absolute atomic E-state index is 0. The predicted octanol–water partition coefficient (Wildman–Crippen LogP) is 1.34. The lowest BCUT2D eigenvalue weighted by molar-refractivity contribution is 0.151. The van der Waals surface area contributed by atoms with Crippen molar-refractivity contribution in [3.63, 3.8) is 0 Å². The zero-order valence-corrected chi connectivity index (χ0v) is 15.2. The molecule has 0 aliphatic rings. The fraction of sp³-hybridized carbons (Fsp3) is 0.429. The molecule has 0 radical (unpaired) electrons. The minimum Gasteiger partial charge on any atom is -0.464 e. The molecular weight excluding hydrogens is 397 g/mol. The van der Waals surface area contributed by atoms with Crippen molar-refractivity contribution in [3.05, 3.63) is 41.9 Å². The fourth-order valence-corrected chi connectivity index (χ4v) is 1.88. The first-order chi connectivity index (χ1) is 10.1. The maximum atomic E-state index is 10.0. The van der Waals surface area contributed by atoms with Gasteiger partial charge in [-0.1, -0.05) is 0 Å². The average molecular weight is 419 g/mol. The van der Waals surface area contributed by atoms with E-state index in [1.165, 1.54) is 0 Å². The molecule has 0 saturated carbocycles. The number of hydrogen-bond donors (Lipinski definition) is 3. The Kier molecular flexibility index (Phi) is 7.39. The highest BCUT2D eigenvalue weighted by atomic mass is 127. The molecular formula is C14H22IN5O2. The molecule has 122 valence electrons. The summed E-state index contributed by atoms with van der Waals surface area (Å²) in [6, 6.07) is 3.60. The van der Waals surface area contributed by atoms with E-state index >= 15 is 0 Å². The Morgan fingerprint density at radius 1 is 1.45 bits per heavy atom. The number of halogens is 1. The molecule has 3 N–H and O–H groups in total. The zero-order chi connectivity index (χ0) is 15.2. The van der Waals surface area contributed by atoms with Crippen LogP contribution < -0.4 is 10.6 Å². The minimum atomic E-state index is -0.717. The van der Waals surface area contributed by atoms with E-state index in [-0.39, 0.29) is 24.0 Å². The number of imidazole rings is 1. The van der Waals surface area contributed by atoms with Crippen molar-refractivity contribution in [3.8, 4) is 0 Å². The second-order valence-electron chi connectivity index (χ2n) is 4.73. The Morgan fingerprint density at radius 3 is 2.77 bits per heavy atom. The van der Waals surface area contributed by atoms with Crippen LogP contribution in [0, 0.1) is 6.92 Å². The third kappa shape index (κ3) is 5.02. The van der Waals surface area contributed by atoms with Gasteiger partial charge in [0.15, 0.2) is 5.96 Å². The number of guanidine groups is 1. The van der Waals surface area contributed by atoms with Crippen LogP contribution in [0.3, 0.4) is 0 Å². The van der Waals surface area contributed by atoms with Crippen molar-refractivity contribution in [2.45, 2.75) is 19.6 Å². The first-order valence-electron chi connectivity index (χ1n) is 6.75. The SMILES string of the molecule is CN=C(NCc1nccn1C)NCC(O)c1ccc(C)o1.I. The molecule has 2 heterocycles. The van der Waals surface area contributed by atoms with E-state index in [0.29, 0.717) is 24.8 Å². The molecule has 0 bridgehead atoms. The van der Waals surface area contributed by atoms with Gasteiger partial charge in [-0.05, 0) is 19.1 Å². The van der Waals surface area contributed by atoms with Crippen LogP contribution in [0.2, 0.25) is 0 Å². The first kappa shape index (κ1) is 18.5. The Morgan fingerprint density at radius 2 is 2.23 bits per heavy atom. The molecule has 0 spiro atoms. The van der Waals surface area contributed by atoms with Crippen LogP contribution in [0.1, 0.15) is 23.4 Å². The maximum absolute atomic E-state index is 10.0. The van der Waals surface area contributed by atoms with E-state index in [2.05, 4.69) is 20.6 Å². The molecule has 8 heteroatoms. The summed E-state index contributed by atoms with van der Waals surface area (Å²) in [5.74, 6) is 2.82. The van der Waals surface area contributed by atoms with Gasteiger partial charge in [-0.15, -0.1) is 24.0 Å². The van der Waals surface area contributed by atoms with E-state index < -0.39 is 6.10 Å². The van der Waals surface area contributed by atoms with Crippen molar-refractivity contribution in [2.24, 2.45) is 12.0 Å². The molecule has 1 unspecified atom stereocenters. The van der Waals surface area contributed by atoms with Gasteiger partial charge in [0.1, 0.15) is 23.4 Å². The molecule has 0 aliphatic carbocycles. The van der Waals surface area contributed by atoms with E-state index in [9.17, 15) is 5.11 Å². The molecule has 0 amide bonds. The molecule has 22 heavy (non-hydrogen) atoms. The van der Waals surface area contributed by atoms with Crippen LogP contribution in [0.15, 0.2) is 33.9 Å². The van der Waals surface area contributed by atoms with Crippen LogP contribution in [-0.4, -0.2) is 34.2 Å². The lowest BCUT2D eigenvalue weighted by Gasteiger charge is -2.14. The van der Waals surface area contributed by atoms with Gasteiger partial charge in [0, 0.05) is 26.5 Å². The van der Waals surface area contributed by atoms with Crippen LogP contribution in [0.25, 0.3) is 0 Å². The Labute approximate surface area is 146 Å². The second kappa shape index (κ2) is 8.79. The van der Waals surface area contributed by atoms with Crippen molar-refractivity contribution >= 4 is 29.9 Å². The van der Waals surface area contributed by atoms with Crippen molar-refractivity contribution in [2.75, 3.05) is 13.6 Å². The zero-order valence-electron chi connectivity index (χ0n) is 12.9. The molecule has 1 atom stereocenters. The first-order valence-corrected chi connectivity index (χ1v) is 6.75. The monoisotopic (exact) mass is 419 g/mol. The summed E-state index contributed by atoms with van der Waals surface area (Å²) < 4.78 is 7.31. The molecule has 2 aromatic rings. The number of aromatic nitrogens is 2. The second-order valence-corrected chi connectivity index (χ2v) is 4.73.